The molecule has 170 valence electrons. The number of methoxy groups -OCH3 is 2. The number of rotatable bonds is 9. The van der Waals surface area contributed by atoms with E-state index in [1.807, 2.05) is 13.1 Å². The molecule has 1 fully saturated rings. The maximum absolute atomic E-state index is 5.58. The summed E-state index contributed by atoms with van der Waals surface area (Å²) in [5.74, 6) is 2.38. The average Bonchev–Trinajstić information content (AvgIpc) is 3.34. The third kappa shape index (κ3) is 6.35. The first kappa shape index (κ1) is 23.4. The van der Waals surface area contributed by atoms with Crippen molar-refractivity contribution in [1.82, 2.24) is 15.1 Å². The predicted molar refractivity (Wildman–Crippen MR) is 127 cm³/mol. The highest BCUT2D eigenvalue weighted by molar-refractivity contribution is 7.09. The number of hydrogen-bond donors (Lipinski definition) is 1. The maximum Gasteiger partial charge on any atom is 0.193 e. The van der Waals surface area contributed by atoms with Crippen LogP contribution in [-0.4, -0.2) is 83.5 Å². The summed E-state index contributed by atoms with van der Waals surface area (Å²) in [5, 5.41) is 5.71. The molecule has 0 amide bonds. The van der Waals surface area contributed by atoms with Crippen LogP contribution < -0.4 is 14.8 Å². The van der Waals surface area contributed by atoms with Gasteiger partial charge in [0.25, 0.3) is 0 Å². The van der Waals surface area contributed by atoms with E-state index in [9.17, 15) is 0 Å². The fourth-order valence-electron chi connectivity index (χ4n) is 3.82. The van der Waals surface area contributed by atoms with Crippen LogP contribution in [0, 0.1) is 0 Å². The molecule has 8 heteroatoms. The molecule has 2 heterocycles. The minimum atomic E-state index is 0.172. The number of guanidine groups is 1. The quantitative estimate of drug-likeness (QED) is 0.472. The largest absolute Gasteiger partial charge is 0.493 e. The van der Waals surface area contributed by atoms with Gasteiger partial charge in [0.15, 0.2) is 17.5 Å². The van der Waals surface area contributed by atoms with Crippen LogP contribution in [0.2, 0.25) is 0 Å². The molecule has 0 bridgehead atoms. The second-order valence-electron chi connectivity index (χ2n) is 7.46. The first-order valence-electron chi connectivity index (χ1n) is 10.6. The molecule has 0 aliphatic carbocycles. The number of benzene rings is 1. The molecule has 1 N–H and O–H groups in total. The Bertz CT molecular complexity index is 822. The number of ether oxygens (including phenoxy) is 3. The van der Waals surface area contributed by atoms with Gasteiger partial charge in [0.2, 0.25) is 0 Å². The lowest BCUT2D eigenvalue weighted by Gasteiger charge is -2.36. The number of nitrogens with one attached hydrogen (secondary N) is 1. The Kier molecular flexibility index (Phi) is 8.99. The Morgan fingerprint density at radius 3 is 2.65 bits per heavy atom. The number of hydrogen-bond acceptors (Lipinski definition) is 6. The first-order chi connectivity index (χ1) is 15.2. The molecule has 1 saturated heterocycles. The van der Waals surface area contributed by atoms with Gasteiger partial charge in [-0.05, 0) is 35.6 Å². The van der Waals surface area contributed by atoms with Crippen molar-refractivity contribution in [2.24, 2.45) is 4.99 Å². The van der Waals surface area contributed by atoms with E-state index in [0.717, 1.165) is 63.3 Å². The molecule has 1 aliphatic heterocycles. The van der Waals surface area contributed by atoms with E-state index in [-0.39, 0.29) is 6.04 Å². The van der Waals surface area contributed by atoms with Gasteiger partial charge in [-0.15, -0.1) is 11.3 Å². The van der Waals surface area contributed by atoms with Gasteiger partial charge in [-0.3, -0.25) is 9.89 Å². The van der Waals surface area contributed by atoms with Crippen molar-refractivity contribution in [2.45, 2.75) is 12.5 Å². The number of likely N-dealkylation sites (N-methyl/N-ethyl adjacent to an activating group) is 1. The zero-order chi connectivity index (χ0) is 22.1. The van der Waals surface area contributed by atoms with E-state index in [2.05, 4.69) is 56.8 Å². The Labute approximate surface area is 189 Å². The summed E-state index contributed by atoms with van der Waals surface area (Å²) in [6.07, 6.45) is 1.01. The summed E-state index contributed by atoms with van der Waals surface area (Å²) in [7, 11) is 7.26. The third-order valence-electron chi connectivity index (χ3n) is 5.58. The first-order valence-corrected chi connectivity index (χ1v) is 11.5. The lowest BCUT2D eigenvalue weighted by molar-refractivity contribution is 0.0168. The van der Waals surface area contributed by atoms with Crippen LogP contribution in [0.4, 0.5) is 0 Å². The molecule has 0 radical (unpaired) electrons. The molecule has 0 saturated carbocycles. The van der Waals surface area contributed by atoms with Gasteiger partial charge in [-0.25, -0.2) is 0 Å². The van der Waals surface area contributed by atoms with Crippen molar-refractivity contribution >= 4 is 17.3 Å². The summed E-state index contributed by atoms with van der Waals surface area (Å²) < 4.78 is 16.6. The third-order valence-corrected chi connectivity index (χ3v) is 6.52. The van der Waals surface area contributed by atoms with Crippen molar-refractivity contribution in [3.63, 3.8) is 0 Å². The van der Waals surface area contributed by atoms with E-state index in [1.54, 1.807) is 25.6 Å². The van der Waals surface area contributed by atoms with E-state index < -0.39 is 0 Å². The van der Waals surface area contributed by atoms with Crippen molar-refractivity contribution < 1.29 is 14.2 Å². The average molecular weight is 447 g/mol. The molecule has 1 aromatic heterocycles. The zero-order valence-corrected chi connectivity index (χ0v) is 19.8. The zero-order valence-electron chi connectivity index (χ0n) is 19.0. The SMILES string of the molecule is CN=C(NCC(c1ccc(OC)c(OC)c1)N1CCOCC1)N(C)CCc1cccs1. The van der Waals surface area contributed by atoms with E-state index >= 15 is 0 Å². The van der Waals surface area contributed by atoms with E-state index in [4.69, 9.17) is 14.2 Å². The van der Waals surface area contributed by atoms with Gasteiger partial charge < -0.3 is 24.4 Å². The molecular weight excluding hydrogens is 412 g/mol. The lowest BCUT2D eigenvalue weighted by atomic mass is 10.0. The monoisotopic (exact) mass is 446 g/mol. The highest BCUT2D eigenvalue weighted by Gasteiger charge is 2.24. The van der Waals surface area contributed by atoms with Crippen LogP contribution in [0.5, 0.6) is 11.5 Å². The van der Waals surface area contributed by atoms with Crippen LogP contribution in [0.15, 0.2) is 40.7 Å². The summed E-state index contributed by atoms with van der Waals surface area (Å²) in [6, 6.07) is 10.6. The Morgan fingerprint density at radius 2 is 2.00 bits per heavy atom. The molecule has 1 aromatic carbocycles. The molecule has 31 heavy (non-hydrogen) atoms. The Balaban J connectivity index is 1.70. The summed E-state index contributed by atoms with van der Waals surface area (Å²) in [5.41, 5.74) is 1.18. The molecule has 1 unspecified atom stereocenters. The smallest absolute Gasteiger partial charge is 0.193 e. The molecule has 3 rings (SSSR count). The van der Waals surface area contributed by atoms with Crippen molar-refractivity contribution in [2.75, 3.05) is 67.7 Å². The van der Waals surface area contributed by atoms with Crippen molar-refractivity contribution in [3.8, 4) is 11.5 Å². The fraction of sp³-hybridized carbons (Fsp3) is 0.522. The van der Waals surface area contributed by atoms with Gasteiger partial charge in [0.05, 0.1) is 33.5 Å². The fourth-order valence-corrected chi connectivity index (χ4v) is 4.52. The Morgan fingerprint density at radius 1 is 1.23 bits per heavy atom. The number of nitrogens with zero attached hydrogens (tertiary/aromatic N) is 3. The second-order valence-corrected chi connectivity index (χ2v) is 8.49. The number of aliphatic imine (C=N–C) groups is 1. The minimum absolute atomic E-state index is 0.172. The number of thiophene rings is 1. The van der Waals surface area contributed by atoms with Crippen LogP contribution >= 0.6 is 11.3 Å². The highest BCUT2D eigenvalue weighted by Crippen LogP contribution is 2.32. The molecule has 1 aliphatic rings. The molecular formula is C23H34N4O3S. The van der Waals surface area contributed by atoms with Crippen molar-refractivity contribution in [1.29, 1.82) is 0 Å². The lowest BCUT2D eigenvalue weighted by Crippen LogP contribution is -2.47. The highest BCUT2D eigenvalue weighted by atomic mass is 32.1. The van der Waals surface area contributed by atoms with Gasteiger partial charge in [-0.2, -0.15) is 0 Å². The summed E-state index contributed by atoms with van der Waals surface area (Å²) in [4.78, 5) is 10.5. The molecule has 1 atom stereocenters. The van der Waals surface area contributed by atoms with E-state index in [0.29, 0.717) is 0 Å². The number of morpholine rings is 1. The summed E-state index contributed by atoms with van der Waals surface area (Å²) in [6.45, 7) is 4.95. The summed E-state index contributed by atoms with van der Waals surface area (Å²) >= 11 is 1.80. The molecule has 7 nitrogen and oxygen atoms in total. The normalized spacial score (nSPS) is 16.1. The van der Waals surface area contributed by atoms with Crippen LogP contribution in [0.25, 0.3) is 0 Å². The van der Waals surface area contributed by atoms with Crippen LogP contribution in [0.1, 0.15) is 16.5 Å². The van der Waals surface area contributed by atoms with Crippen LogP contribution in [0.3, 0.4) is 0 Å². The molecule has 2 aromatic rings. The predicted octanol–water partition coefficient (Wildman–Crippen LogP) is 2.89. The molecule has 0 spiro atoms. The van der Waals surface area contributed by atoms with Crippen molar-refractivity contribution in [3.05, 3.63) is 46.2 Å². The van der Waals surface area contributed by atoms with Gasteiger partial charge in [0, 0.05) is 45.2 Å². The van der Waals surface area contributed by atoms with Crippen LogP contribution in [-0.2, 0) is 11.2 Å². The van der Waals surface area contributed by atoms with Gasteiger partial charge in [-0.1, -0.05) is 12.1 Å². The van der Waals surface area contributed by atoms with E-state index in [1.165, 1.54) is 10.4 Å². The second kappa shape index (κ2) is 11.9. The van der Waals surface area contributed by atoms with Gasteiger partial charge in [0.1, 0.15) is 0 Å². The minimum Gasteiger partial charge on any atom is -0.493 e. The Hall–Kier alpha value is -2.29. The van der Waals surface area contributed by atoms with Gasteiger partial charge >= 0.3 is 0 Å². The maximum atomic E-state index is 5.58. The topological polar surface area (TPSA) is 58.6 Å². The standard InChI is InChI=1S/C23H34N4O3S/c1-24-23(26(2)10-9-19-6-5-15-31-19)25-17-20(27-11-13-30-14-12-27)18-7-8-21(28-3)22(16-18)29-4/h5-8,15-16,20H,9-14,17H2,1-4H3,(H,24,25).